The van der Waals surface area contributed by atoms with Gasteiger partial charge in [0.05, 0.1) is 5.69 Å². The number of amides is 1. The minimum atomic E-state index is -0.380. The predicted molar refractivity (Wildman–Crippen MR) is 86.3 cm³/mol. The summed E-state index contributed by atoms with van der Waals surface area (Å²) in [7, 11) is 0. The van der Waals surface area contributed by atoms with Gasteiger partial charge in [0.25, 0.3) is 5.91 Å². The van der Waals surface area contributed by atoms with E-state index in [0.29, 0.717) is 17.1 Å². The van der Waals surface area contributed by atoms with Crippen LogP contribution in [0.15, 0.2) is 41.5 Å². The van der Waals surface area contributed by atoms with Crippen LogP contribution in [0.25, 0.3) is 11.3 Å². The fourth-order valence-electron chi connectivity index (χ4n) is 2.31. The molecule has 0 fully saturated rings. The fraction of sp³-hybridized carbons (Fsp3) is 0.125. The molecule has 0 spiro atoms. The molecule has 3 aromatic rings. The molecule has 0 saturated heterocycles. The summed E-state index contributed by atoms with van der Waals surface area (Å²) in [6.45, 7) is 3.58. The van der Waals surface area contributed by atoms with Gasteiger partial charge in [-0.15, -0.1) is 0 Å². The smallest absolute Gasteiger partial charge is 0.257 e. The van der Waals surface area contributed by atoms with E-state index in [2.05, 4.69) is 25.5 Å². The van der Waals surface area contributed by atoms with Crippen molar-refractivity contribution in [2.24, 2.45) is 0 Å². The molecule has 0 aliphatic heterocycles. The Morgan fingerprint density at radius 1 is 1.17 bits per heavy atom. The van der Waals surface area contributed by atoms with Gasteiger partial charge in [-0.1, -0.05) is 0 Å². The number of nitrogens with zero attached hydrogens (tertiary/aromatic N) is 2. The molecule has 3 heterocycles. The van der Waals surface area contributed by atoms with Gasteiger partial charge in [-0.2, -0.15) is 5.10 Å². The number of carbonyl (C=O) groups is 1. The number of aromatic amines is 2. The molecule has 0 atom stereocenters. The van der Waals surface area contributed by atoms with Gasteiger partial charge in [0.15, 0.2) is 5.82 Å². The first-order valence-corrected chi connectivity index (χ1v) is 7.02. The number of carbonyl (C=O) groups excluding carboxylic acids is 1. The number of anilines is 1. The number of H-pyrrole nitrogens is 2. The maximum atomic E-state index is 12.3. The molecule has 0 bridgehead atoms. The number of nitrogens with one attached hydrogen (secondary N) is 3. The second-order valence-electron chi connectivity index (χ2n) is 5.18. The molecule has 7 nitrogen and oxygen atoms in total. The van der Waals surface area contributed by atoms with E-state index in [1.165, 1.54) is 6.07 Å². The first kappa shape index (κ1) is 14.7. The van der Waals surface area contributed by atoms with Crippen LogP contribution in [0.3, 0.4) is 0 Å². The van der Waals surface area contributed by atoms with Crippen LogP contribution in [-0.2, 0) is 0 Å². The van der Waals surface area contributed by atoms with Gasteiger partial charge in [0.2, 0.25) is 5.56 Å². The van der Waals surface area contributed by atoms with Crippen LogP contribution in [0.5, 0.6) is 0 Å². The average molecular weight is 309 g/mol. The molecule has 3 rings (SSSR count). The predicted octanol–water partition coefficient (Wildman–Crippen LogP) is 2.03. The summed E-state index contributed by atoms with van der Waals surface area (Å²) in [6, 6.07) is 6.58. The normalized spacial score (nSPS) is 10.5. The summed E-state index contributed by atoms with van der Waals surface area (Å²) in [5.74, 6) is 0.0508. The molecule has 1 amide bonds. The molecule has 0 saturated carbocycles. The van der Waals surface area contributed by atoms with Crippen molar-refractivity contribution < 1.29 is 4.79 Å². The Labute approximate surface area is 131 Å². The maximum Gasteiger partial charge on any atom is 0.257 e. The first-order chi connectivity index (χ1) is 11.0. The molecule has 0 radical (unpaired) electrons. The van der Waals surface area contributed by atoms with Gasteiger partial charge >= 0.3 is 0 Å². The van der Waals surface area contributed by atoms with Crippen molar-refractivity contribution in [1.82, 2.24) is 20.2 Å². The third kappa shape index (κ3) is 3.03. The van der Waals surface area contributed by atoms with Gasteiger partial charge in [-0.25, -0.2) is 0 Å². The average Bonchev–Trinajstić information content (AvgIpc) is 2.88. The second-order valence-corrected chi connectivity index (χ2v) is 5.18. The number of rotatable bonds is 3. The Morgan fingerprint density at radius 3 is 2.61 bits per heavy atom. The second kappa shape index (κ2) is 5.88. The standard InChI is InChI=1S/C16H15N5O2/c1-9-7-12(8-13(22)18-9)16(23)19-15-10(2)14(20-21-15)11-3-5-17-6-4-11/h3-8H,1-2H3,(H,18,22)(H2,19,20,21,23). The summed E-state index contributed by atoms with van der Waals surface area (Å²) >= 11 is 0. The molecule has 3 N–H and O–H groups in total. The van der Waals surface area contributed by atoms with Crippen LogP contribution in [0, 0.1) is 13.8 Å². The lowest BCUT2D eigenvalue weighted by Crippen LogP contribution is -2.17. The molecular formula is C16H15N5O2. The summed E-state index contributed by atoms with van der Waals surface area (Å²) < 4.78 is 0. The van der Waals surface area contributed by atoms with E-state index in [4.69, 9.17) is 0 Å². The van der Waals surface area contributed by atoms with Gasteiger partial charge in [-0.05, 0) is 32.0 Å². The molecule has 0 aliphatic carbocycles. The Morgan fingerprint density at radius 2 is 1.91 bits per heavy atom. The van der Waals surface area contributed by atoms with Gasteiger partial charge in [0.1, 0.15) is 0 Å². The van der Waals surface area contributed by atoms with Crippen LogP contribution in [0.2, 0.25) is 0 Å². The zero-order valence-corrected chi connectivity index (χ0v) is 12.7. The highest BCUT2D eigenvalue weighted by Crippen LogP contribution is 2.25. The van der Waals surface area contributed by atoms with E-state index in [9.17, 15) is 9.59 Å². The van der Waals surface area contributed by atoms with E-state index < -0.39 is 0 Å². The molecule has 23 heavy (non-hydrogen) atoms. The molecule has 0 unspecified atom stereocenters. The minimum Gasteiger partial charge on any atom is -0.326 e. The number of hydrogen-bond acceptors (Lipinski definition) is 4. The van der Waals surface area contributed by atoms with Crippen molar-refractivity contribution in [3.8, 4) is 11.3 Å². The van der Waals surface area contributed by atoms with Crippen molar-refractivity contribution in [2.45, 2.75) is 13.8 Å². The van der Waals surface area contributed by atoms with Crippen molar-refractivity contribution in [3.05, 3.63) is 63.8 Å². The Kier molecular flexibility index (Phi) is 3.76. The SMILES string of the molecule is Cc1cc(C(=O)Nc2n[nH]c(-c3ccncc3)c2C)cc(=O)[nH]1. The highest BCUT2D eigenvalue weighted by Gasteiger charge is 2.14. The third-order valence-electron chi connectivity index (χ3n) is 3.45. The molecule has 3 aromatic heterocycles. The Bertz CT molecular complexity index is 912. The summed E-state index contributed by atoms with van der Waals surface area (Å²) in [5.41, 5.74) is 3.15. The van der Waals surface area contributed by atoms with Crippen LogP contribution >= 0.6 is 0 Å². The Hall–Kier alpha value is -3.22. The number of pyridine rings is 2. The zero-order valence-electron chi connectivity index (χ0n) is 12.7. The lowest BCUT2D eigenvalue weighted by Gasteiger charge is -2.04. The summed E-state index contributed by atoms with van der Waals surface area (Å²) in [5, 5.41) is 9.77. The highest BCUT2D eigenvalue weighted by atomic mass is 16.2. The van der Waals surface area contributed by atoms with Gasteiger partial charge < -0.3 is 10.3 Å². The minimum absolute atomic E-state index is 0.291. The highest BCUT2D eigenvalue weighted by molar-refractivity contribution is 6.04. The van der Waals surface area contributed by atoms with Crippen LogP contribution < -0.4 is 10.9 Å². The molecule has 0 aliphatic rings. The van der Waals surface area contributed by atoms with Crippen LogP contribution in [0.1, 0.15) is 21.6 Å². The summed E-state index contributed by atoms with van der Waals surface area (Å²) in [4.78, 5) is 30.3. The van der Waals surface area contributed by atoms with E-state index in [1.807, 2.05) is 19.1 Å². The van der Waals surface area contributed by atoms with Gasteiger partial charge in [0, 0.05) is 40.8 Å². The lowest BCUT2D eigenvalue weighted by atomic mass is 10.1. The van der Waals surface area contributed by atoms with Crippen molar-refractivity contribution in [3.63, 3.8) is 0 Å². The van der Waals surface area contributed by atoms with Crippen molar-refractivity contribution in [2.75, 3.05) is 5.32 Å². The van der Waals surface area contributed by atoms with Crippen molar-refractivity contribution >= 4 is 11.7 Å². The number of hydrogen-bond donors (Lipinski definition) is 3. The maximum absolute atomic E-state index is 12.3. The van der Waals surface area contributed by atoms with Gasteiger partial charge in [-0.3, -0.25) is 19.7 Å². The molecule has 116 valence electrons. The van der Waals surface area contributed by atoms with E-state index in [-0.39, 0.29) is 11.5 Å². The van der Waals surface area contributed by atoms with Crippen LogP contribution in [0.4, 0.5) is 5.82 Å². The van der Waals surface area contributed by atoms with E-state index >= 15 is 0 Å². The Balaban J connectivity index is 1.88. The molecular weight excluding hydrogens is 294 g/mol. The molecule has 7 heteroatoms. The third-order valence-corrected chi connectivity index (χ3v) is 3.45. The lowest BCUT2D eigenvalue weighted by molar-refractivity contribution is 0.102. The fourth-order valence-corrected chi connectivity index (χ4v) is 2.31. The quantitative estimate of drug-likeness (QED) is 0.688. The summed E-state index contributed by atoms with van der Waals surface area (Å²) in [6.07, 6.45) is 3.37. The monoisotopic (exact) mass is 309 g/mol. The van der Waals surface area contributed by atoms with Crippen molar-refractivity contribution in [1.29, 1.82) is 0 Å². The number of aryl methyl sites for hydroxylation is 1. The largest absolute Gasteiger partial charge is 0.326 e. The van der Waals surface area contributed by atoms with E-state index in [1.54, 1.807) is 25.4 Å². The topological polar surface area (TPSA) is 104 Å². The zero-order chi connectivity index (χ0) is 16.4. The van der Waals surface area contributed by atoms with Crippen LogP contribution in [-0.4, -0.2) is 26.1 Å². The van der Waals surface area contributed by atoms with E-state index in [0.717, 1.165) is 16.8 Å². The first-order valence-electron chi connectivity index (χ1n) is 7.02. The molecule has 0 aromatic carbocycles. The number of aromatic nitrogens is 4.